The van der Waals surface area contributed by atoms with Crippen molar-refractivity contribution in [1.82, 2.24) is 10.9 Å². The minimum absolute atomic E-state index is 0.360. The molecule has 23 heavy (non-hydrogen) atoms. The lowest BCUT2D eigenvalue weighted by Crippen LogP contribution is -2.47. The fourth-order valence-corrected chi connectivity index (χ4v) is 1.89. The van der Waals surface area contributed by atoms with E-state index in [0.29, 0.717) is 11.3 Å². The van der Waals surface area contributed by atoms with E-state index in [1.165, 1.54) is 31.2 Å². The number of nitrogens with one attached hydrogen (secondary N) is 2. The van der Waals surface area contributed by atoms with Gasteiger partial charge in [0.15, 0.2) is 6.10 Å². The van der Waals surface area contributed by atoms with Crippen LogP contribution in [0.15, 0.2) is 48.5 Å². The van der Waals surface area contributed by atoms with Crippen molar-refractivity contribution in [3.8, 4) is 5.75 Å². The average molecular weight is 316 g/mol. The first-order chi connectivity index (χ1) is 11.0. The molecule has 0 aliphatic heterocycles. The molecule has 0 aliphatic rings. The van der Waals surface area contributed by atoms with Crippen LogP contribution in [0.4, 0.5) is 4.39 Å². The third kappa shape index (κ3) is 4.54. The van der Waals surface area contributed by atoms with Gasteiger partial charge in [0.1, 0.15) is 11.6 Å². The quantitative estimate of drug-likeness (QED) is 0.851. The number of aryl methyl sites for hydroxylation is 1. The summed E-state index contributed by atoms with van der Waals surface area (Å²) in [5.41, 5.74) is 5.91. The second-order valence-corrected chi connectivity index (χ2v) is 4.97. The van der Waals surface area contributed by atoms with E-state index in [9.17, 15) is 14.0 Å². The maximum atomic E-state index is 12.8. The van der Waals surface area contributed by atoms with Crippen molar-refractivity contribution in [1.29, 1.82) is 0 Å². The zero-order chi connectivity index (χ0) is 16.8. The SMILES string of the molecule is Cc1ccccc1C(=O)NNC(=O)C(C)Oc1ccc(F)cc1. The predicted molar refractivity (Wildman–Crippen MR) is 83.3 cm³/mol. The van der Waals surface area contributed by atoms with Crippen molar-refractivity contribution < 1.29 is 18.7 Å². The molecular formula is C17H17FN2O3. The Hall–Kier alpha value is -2.89. The van der Waals surface area contributed by atoms with Crippen molar-refractivity contribution in [2.75, 3.05) is 0 Å². The van der Waals surface area contributed by atoms with Crippen molar-refractivity contribution >= 4 is 11.8 Å². The first-order valence-electron chi connectivity index (χ1n) is 7.05. The van der Waals surface area contributed by atoms with Crippen LogP contribution in [-0.4, -0.2) is 17.9 Å². The molecule has 0 spiro atoms. The number of benzene rings is 2. The Bertz CT molecular complexity index is 701. The summed E-state index contributed by atoms with van der Waals surface area (Å²) in [6.45, 7) is 3.33. The lowest BCUT2D eigenvalue weighted by atomic mass is 10.1. The van der Waals surface area contributed by atoms with Gasteiger partial charge in [-0.25, -0.2) is 4.39 Å². The lowest BCUT2D eigenvalue weighted by Gasteiger charge is -2.15. The Balaban J connectivity index is 1.87. The van der Waals surface area contributed by atoms with Gasteiger partial charge in [0.25, 0.3) is 11.8 Å². The first-order valence-corrected chi connectivity index (χ1v) is 7.05. The number of amides is 2. The number of ether oxygens (including phenoxy) is 1. The van der Waals surface area contributed by atoms with Gasteiger partial charge in [-0.15, -0.1) is 0 Å². The van der Waals surface area contributed by atoms with Gasteiger partial charge in [0.2, 0.25) is 0 Å². The molecule has 2 aromatic rings. The molecule has 1 unspecified atom stereocenters. The summed E-state index contributed by atoms with van der Waals surface area (Å²) >= 11 is 0. The molecule has 2 amide bonds. The van der Waals surface area contributed by atoms with Gasteiger partial charge in [-0.05, 0) is 49.7 Å². The fraction of sp³-hybridized carbons (Fsp3) is 0.176. The molecule has 0 aromatic heterocycles. The highest BCUT2D eigenvalue weighted by molar-refractivity contribution is 5.96. The molecule has 0 fully saturated rings. The molecule has 0 bridgehead atoms. The first kappa shape index (κ1) is 16.5. The smallest absolute Gasteiger partial charge is 0.279 e. The van der Waals surface area contributed by atoms with Crippen LogP contribution in [0.3, 0.4) is 0 Å². The molecule has 2 rings (SSSR count). The van der Waals surface area contributed by atoms with E-state index < -0.39 is 17.9 Å². The summed E-state index contributed by atoms with van der Waals surface area (Å²) < 4.78 is 18.2. The Labute approximate surface area is 133 Å². The van der Waals surface area contributed by atoms with E-state index in [1.807, 2.05) is 6.07 Å². The maximum Gasteiger partial charge on any atom is 0.279 e. The summed E-state index contributed by atoms with van der Waals surface area (Å²) in [5, 5.41) is 0. The zero-order valence-corrected chi connectivity index (χ0v) is 12.8. The van der Waals surface area contributed by atoms with E-state index in [2.05, 4.69) is 10.9 Å². The van der Waals surface area contributed by atoms with Gasteiger partial charge in [0, 0.05) is 5.56 Å². The summed E-state index contributed by atoms with van der Waals surface area (Å²) in [6.07, 6.45) is -0.849. The van der Waals surface area contributed by atoms with Crippen molar-refractivity contribution in [2.45, 2.75) is 20.0 Å². The molecule has 0 radical (unpaired) electrons. The van der Waals surface area contributed by atoms with Crippen LogP contribution in [0.5, 0.6) is 5.75 Å². The topological polar surface area (TPSA) is 67.4 Å². The Morgan fingerprint density at radius 2 is 1.70 bits per heavy atom. The van der Waals surface area contributed by atoms with Crippen molar-refractivity contribution in [3.63, 3.8) is 0 Å². The van der Waals surface area contributed by atoms with Crippen molar-refractivity contribution in [2.24, 2.45) is 0 Å². The van der Waals surface area contributed by atoms with Gasteiger partial charge in [-0.2, -0.15) is 0 Å². The normalized spacial score (nSPS) is 11.4. The zero-order valence-electron chi connectivity index (χ0n) is 12.8. The van der Waals surface area contributed by atoms with Crippen LogP contribution in [-0.2, 0) is 4.79 Å². The second kappa shape index (κ2) is 7.40. The third-order valence-corrected chi connectivity index (χ3v) is 3.18. The molecule has 2 aromatic carbocycles. The van der Waals surface area contributed by atoms with Crippen molar-refractivity contribution in [3.05, 3.63) is 65.5 Å². The number of rotatable bonds is 4. The van der Waals surface area contributed by atoms with Crippen LogP contribution in [0, 0.1) is 12.7 Å². The van der Waals surface area contributed by atoms with Gasteiger partial charge in [-0.3, -0.25) is 20.4 Å². The van der Waals surface area contributed by atoms with E-state index in [4.69, 9.17) is 4.74 Å². The summed E-state index contributed by atoms with van der Waals surface area (Å²) in [6, 6.07) is 12.3. The third-order valence-electron chi connectivity index (χ3n) is 3.18. The van der Waals surface area contributed by atoms with Gasteiger partial charge in [0.05, 0.1) is 0 Å². The number of hydrogen-bond donors (Lipinski definition) is 2. The second-order valence-electron chi connectivity index (χ2n) is 4.97. The van der Waals surface area contributed by atoms with Gasteiger partial charge < -0.3 is 4.74 Å². The highest BCUT2D eigenvalue weighted by Gasteiger charge is 2.16. The highest BCUT2D eigenvalue weighted by atomic mass is 19.1. The van der Waals surface area contributed by atoms with Crippen LogP contribution < -0.4 is 15.6 Å². The molecule has 120 valence electrons. The fourth-order valence-electron chi connectivity index (χ4n) is 1.89. The predicted octanol–water partition coefficient (Wildman–Crippen LogP) is 2.36. The maximum absolute atomic E-state index is 12.8. The molecule has 0 saturated heterocycles. The summed E-state index contributed by atoms with van der Waals surface area (Å²) in [5.74, 6) is -0.957. The molecule has 2 N–H and O–H groups in total. The average Bonchev–Trinajstić information content (AvgIpc) is 2.54. The molecule has 1 atom stereocenters. The number of hydrogen-bond acceptors (Lipinski definition) is 3. The molecule has 5 nitrogen and oxygen atoms in total. The molecular weight excluding hydrogens is 299 g/mol. The minimum atomic E-state index is -0.849. The Morgan fingerprint density at radius 1 is 1.04 bits per heavy atom. The lowest BCUT2D eigenvalue weighted by molar-refractivity contribution is -0.128. The standard InChI is InChI=1S/C17H17FN2O3/c1-11-5-3-4-6-15(11)17(22)20-19-16(21)12(2)23-14-9-7-13(18)8-10-14/h3-10,12H,1-2H3,(H,19,21)(H,20,22). The molecule has 0 heterocycles. The van der Waals surface area contributed by atoms with E-state index in [-0.39, 0.29) is 5.82 Å². The number of carbonyl (C=O) groups is 2. The van der Waals surface area contributed by atoms with Gasteiger partial charge >= 0.3 is 0 Å². The Kier molecular flexibility index (Phi) is 5.30. The number of carbonyl (C=O) groups excluding carboxylic acids is 2. The molecule has 6 heteroatoms. The van der Waals surface area contributed by atoms with Crippen LogP contribution in [0.25, 0.3) is 0 Å². The van der Waals surface area contributed by atoms with Crippen LogP contribution >= 0.6 is 0 Å². The molecule has 0 saturated carbocycles. The minimum Gasteiger partial charge on any atom is -0.481 e. The van der Waals surface area contributed by atoms with E-state index in [1.54, 1.807) is 25.1 Å². The molecule has 0 aliphatic carbocycles. The Morgan fingerprint density at radius 3 is 2.35 bits per heavy atom. The monoisotopic (exact) mass is 316 g/mol. The van der Waals surface area contributed by atoms with Gasteiger partial charge in [-0.1, -0.05) is 18.2 Å². The van der Waals surface area contributed by atoms with E-state index in [0.717, 1.165) is 5.56 Å². The largest absolute Gasteiger partial charge is 0.481 e. The van der Waals surface area contributed by atoms with E-state index >= 15 is 0 Å². The number of hydrazine groups is 1. The summed E-state index contributed by atoms with van der Waals surface area (Å²) in [7, 11) is 0. The van der Waals surface area contributed by atoms with Crippen LogP contribution in [0.2, 0.25) is 0 Å². The van der Waals surface area contributed by atoms with Crippen LogP contribution in [0.1, 0.15) is 22.8 Å². The highest BCUT2D eigenvalue weighted by Crippen LogP contribution is 2.13. The summed E-state index contributed by atoms with van der Waals surface area (Å²) in [4.78, 5) is 23.9. The number of halogens is 1.